The van der Waals surface area contributed by atoms with Gasteiger partial charge in [-0.3, -0.25) is 4.79 Å². The Labute approximate surface area is 166 Å². The maximum atomic E-state index is 13.1. The third-order valence-corrected chi connectivity index (χ3v) is 5.53. The fourth-order valence-corrected chi connectivity index (χ4v) is 4.29. The highest BCUT2D eigenvalue weighted by Crippen LogP contribution is 2.29. The molecule has 0 saturated carbocycles. The van der Waals surface area contributed by atoms with Crippen LogP contribution in [0.4, 0.5) is 5.82 Å². The van der Waals surface area contributed by atoms with Crippen molar-refractivity contribution in [2.45, 2.75) is 52.9 Å². The summed E-state index contributed by atoms with van der Waals surface area (Å²) in [6.45, 7) is 11.0. The molecule has 0 N–H and O–H groups in total. The first-order valence-corrected chi connectivity index (χ1v) is 10.0. The molecule has 1 saturated heterocycles. The van der Waals surface area contributed by atoms with E-state index in [1.807, 2.05) is 43.0 Å². The molecule has 28 heavy (non-hydrogen) atoms. The second kappa shape index (κ2) is 7.51. The van der Waals surface area contributed by atoms with Crippen LogP contribution in [-0.4, -0.2) is 52.6 Å². The molecule has 1 fully saturated rings. The zero-order valence-corrected chi connectivity index (χ0v) is 17.1. The van der Waals surface area contributed by atoms with Gasteiger partial charge < -0.3 is 14.5 Å². The molecule has 1 aromatic carbocycles. The molecule has 4 rings (SSSR count). The molecule has 0 aliphatic carbocycles. The smallest absolute Gasteiger partial charge is 0.254 e. The molecule has 3 heterocycles. The summed E-state index contributed by atoms with van der Waals surface area (Å²) < 4.78 is 5.89. The minimum absolute atomic E-state index is 0.0824. The Kier molecular flexibility index (Phi) is 5.06. The van der Waals surface area contributed by atoms with E-state index in [1.54, 1.807) is 0 Å². The summed E-state index contributed by atoms with van der Waals surface area (Å²) in [5, 5.41) is 0. The molecular weight excluding hydrogens is 352 g/mol. The van der Waals surface area contributed by atoms with E-state index in [4.69, 9.17) is 9.72 Å². The fourth-order valence-electron chi connectivity index (χ4n) is 4.29. The highest BCUT2D eigenvalue weighted by Gasteiger charge is 2.31. The molecule has 6 nitrogen and oxygen atoms in total. The van der Waals surface area contributed by atoms with E-state index in [2.05, 4.69) is 23.7 Å². The second-order valence-electron chi connectivity index (χ2n) is 7.97. The van der Waals surface area contributed by atoms with Gasteiger partial charge in [-0.1, -0.05) is 18.2 Å². The van der Waals surface area contributed by atoms with Gasteiger partial charge in [0.05, 0.1) is 24.4 Å². The standard InChI is InChI=1S/C22H28N4O2/c1-14-7-5-6-8-18(14)22(27)25-10-9-20-19(13-25)21(24-17(4)23-20)26-11-15(2)28-16(3)12-26/h5-8,15-16H,9-13H2,1-4H3/t15-,16-/m0/s1. The number of carbonyl (C=O) groups excluding carboxylic acids is 1. The van der Waals surface area contributed by atoms with Crippen LogP contribution in [0.25, 0.3) is 0 Å². The highest BCUT2D eigenvalue weighted by molar-refractivity contribution is 5.95. The van der Waals surface area contributed by atoms with Gasteiger partial charge >= 0.3 is 0 Å². The Bertz CT molecular complexity index is 888. The lowest BCUT2D eigenvalue weighted by Gasteiger charge is -2.39. The number of aryl methyl sites for hydroxylation is 2. The summed E-state index contributed by atoms with van der Waals surface area (Å²) in [5.74, 6) is 1.84. The fraction of sp³-hybridized carbons (Fsp3) is 0.500. The maximum absolute atomic E-state index is 13.1. The zero-order chi connectivity index (χ0) is 19.8. The number of hydrogen-bond acceptors (Lipinski definition) is 5. The van der Waals surface area contributed by atoms with Crippen molar-refractivity contribution in [1.29, 1.82) is 0 Å². The lowest BCUT2D eigenvalue weighted by molar-refractivity contribution is -0.00560. The van der Waals surface area contributed by atoms with Crippen molar-refractivity contribution >= 4 is 11.7 Å². The monoisotopic (exact) mass is 380 g/mol. The van der Waals surface area contributed by atoms with Gasteiger partial charge in [-0.2, -0.15) is 0 Å². The molecule has 2 atom stereocenters. The van der Waals surface area contributed by atoms with E-state index in [0.717, 1.165) is 53.5 Å². The molecule has 6 heteroatoms. The lowest BCUT2D eigenvalue weighted by atomic mass is 10.0. The molecule has 148 valence electrons. The largest absolute Gasteiger partial charge is 0.372 e. The van der Waals surface area contributed by atoms with Gasteiger partial charge in [-0.15, -0.1) is 0 Å². The van der Waals surface area contributed by atoms with E-state index in [0.29, 0.717) is 13.1 Å². The normalized spacial score (nSPS) is 22.1. The van der Waals surface area contributed by atoms with Gasteiger partial charge in [0.15, 0.2) is 0 Å². The topological polar surface area (TPSA) is 58.6 Å². The Balaban J connectivity index is 1.66. The third kappa shape index (κ3) is 3.61. The Morgan fingerprint density at radius 3 is 2.54 bits per heavy atom. The minimum atomic E-state index is 0.0824. The van der Waals surface area contributed by atoms with E-state index in [1.165, 1.54) is 0 Å². The van der Waals surface area contributed by atoms with Crippen LogP contribution in [0.15, 0.2) is 24.3 Å². The molecule has 0 radical (unpaired) electrons. The number of nitrogens with zero attached hydrogens (tertiary/aromatic N) is 4. The molecule has 1 aromatic heterocycles. The Hall–Kier alpha value is -2.47. The Morgan fingerprint density at radius 1 is 1.11 bits per heavy atom. The molecule has 1 amide bonds. The zero-order valence-electron chi connectivity index (χ0n) is 17.1. The van der Waals surface area contributed by atoms with Crippen LogP contribution in [-0.2, 0) is 17.7 Å². The lowest BCUT2D eigenvalue weighted by Crippen LogP contribution is -2.47. The molecule has 2 aliphatic rings. The van der Waals surface area contributed by atoms with Crippen molar-refractivity contribution in [2.24, 2.45) is 0 Å². The molecule has 0 spiro atoms. The highest BCUT2D eigenvalue weighted by atomic mass is 16.5. The number of rotatable bonds is 2. The number of ether oxygens (including phenoxy) is 1. The van der Waals surface area contributed by atoms with E-state index < -0.39 is 0 Å². The van der Waals surface area contributed by atoms with Crippen LogP contribution < -0.4 is 4.90 Å². The molecule has 2 aromatic rings. The van der Waals surface area contributed by atoms with E-state index >= 15 is 0 Å². The van der Waals surface area contributed by atoms with Crippen LogP contribution in [0.1, 0.15) is 46.9 Å². The van der Waals surface area contributed by atoms with Crippen LogP contribution in [0, 0.1) is 13.8 Å². The number of anilines is 1. The number of hydrogen-bond donors (Lipinski definition) is 0. The van der Waals surface area contributed by atoms with Gasteiger partial charge in [0.25, 0.3) is 5.91 Å². The van der Waals surface area contributed by atoms with Crippen molar-refractivity contribution in [3.8, 4) is 0 Å². The van der Waals surface area contributed by atoms with Gasteiger partial charge in [0.2, 0.25) is 0 Å². The molecule has 0 unspecified atom stereocenters. The average molecular weight is 380 g/mol. The van der Waals surface area contributed by atoms with E-state index in [9.17, 15) is 4.79 Å². The number of carbonyl (C=O) groups is 1. The minimum Gasteiger partial charge on any atom is -0.372 e. The van der Waals surface area contributed by atoms with Gasteiger partial charge in [-0.05, 0) is 39.3 Å². The number of amides is 1. The number of aromatic nitrogens is 2. The van der Waals surface area contributed by atoms with Crippen LogP contribution >= 0.6 is 0 Å². The van der Waals surface area contributed by atoms with Crippen molar-refractivity contribution in [2.75, 3.05) is 24.5 Å². The second-order valence-corrected chi connectivity index (χ2v) is 7.97. The van der Waals surface area contributed by atoms with Crippen LogP contribution in [0.3, 0.4) is 0 Å². The summed E-state index contributed by atoms with van der Waals surface area (Å²) in [5.41, 5.74) is 3.94. The van der Waals surface area contributed by atoms with Crippen molar-refractivity contribution in [3.05, 3.63) is 52.5 Å². The molecule has 0 bridgehead atoms. The first kappa shape index (κ1) is 18.9. The molecule has 2 aliphatic heterocycles. The first-order valence-electron chi connectivity index (χ1n) is 10.0. The van der Waals surface area contributed by atoms with Crippen molar-refractivity contribution in [1.82, 2.24) is 14.9 Å². The van der Waals surface area contributed by atoms with Gasteiger partial charge in [-0.25, -0.2) is 9.97 Å². The summed E-state index contributed by atoms with van der Waals surface area (Å²) in [6.07, 6.45) is 1.07. The molecular formula is C22H28N4O2. The van der Waals surface area contributed by atoms with Crippen molar-refractivity contribution in [3.63, 3.8) is 0 Å². The number of fused-ring (bicyclic) bond motifs is 1. The number of benzene rings is 1. The average Bonchev–Trinajstić information content (AvgIpc) is 2.66. The summed E-state index contributed by atoms with van der Waals surface area (Å²) >= 11 is 0. The Morgan fingerprint density at radius 2 is 1.82 bits per heavy atom. The van der Waals surface area contributed by atoms with Crippen molar-refractivity contribution < 1.29 is 9.53 Å². The van der Waals surface area contributed by atoms with E-state index in [-0.39, 0.29) is 18.1 Å². The summed E-state index contributed by atoms with van der Waals surface area (Å²) in [4.78, 5) is 26.8. The van der Waals surface area contributed by atoms with Crippen LogP contribution in [0.5, 0.6) is 0 Å². The summed E-state index contributed by atoms with van der Waals surface area (Å²) in [6, 6.07) is 7.78. The quantitative estimate of drug-likeness (QED) is 0.802. The van der Waals surface area contributed by atoms with Gasteiger partial charge in [0.1, 0.15) is 11.6 Å². The maximum Gasteiger partial charge on any atom is 0.254 e. The predicted molar refractivity (Wildman–Crippen MR) is 109 cm³/mol. The predicted octanol–water partition coefficient (Wildman–Crippen LogP) is 2.91. The summed E-state index contributed by atoms with van der Waals surface area (Å²) in [7, 11) is 0. The van der Waals surface area contributed by atoms with Gasteiger partial charge in [0, 0.05) is 37.2 Å². The van der Waals surface area contributed by atoms with Crippen LogP contribution in [0.2, 0.25) is 0 Å². The first-order chi connectivity index (χ1) is 13.4. The third-order valence-electron chi connectivity index (χ3n) is 5.53. The number of morpholine rings is 1. The SMILES string of the molecule is Cc1nc2c(c(N3C[C@H](C)O[C@@H](C)C3)n1)CN(C(=O)c1ccccc1C)CC2.